The summed E-state index contributed by atoms with van der Waals surface area (Å²) >= 11 is 12.1. The van der Waals surface area contributed by atoms with Crippen molar-refractivity contribution >= 4 is 39.1 Å². The van der Waals surface area contributed by atoms with Crippen molar-refractivity contribution in [2.45, 2.75) is 18.0 Å². The van der Waals surface area contributed by atoms with Crippen molar-refractivity contribution in [3.8, 4) is 0 Å². The smallest absolute Gasteiger partial charge is 0.238 e. The molecule has 0 aromatic heterocycles. The summed E-state index contributed by atoms with van der Waals surface area (Å²) in [5.74, 6) is -0.166. The van der Waals surface area contributed by atoms with Crippen LogP contribution in [0.15, 0.2) is 47.4 Å². The average molecular weight is 416 g/mol. The van der Waals surface area contributed by atoms with Crippen LogP contribution in [0, 0.1) is 0 Å². The van der Waals surface area contributed by atoms with Gasteiger partial charge in [0, 0.05) is 13.1 Å². The molecule has 6 nitrogen and oxygen atoms in total. The van der Waals surface area contributed by atoms with E-state index in [2.05, 4.69) is 5.32 Å². The molecule has 0 fully saturated rings. The highest BCUT2D eigenvalue weighted by molar-refractivity contribution is 7.89. The second kappa shape index (κ2) is 8.83. The van der Waals surface area contributed by atoms with E-state index in [1.165, 1.54) is 12.1 Å². The van der Waals surface area contributed by atoms with Gasteiger partial charge in [-0.1, -0.05) is 47.5 Å². The lowest BCUT2D eigenvalue weighted by Crippen LogP contribution is -2.34. The lowest BCUT2D eigenvalue weighted by atomic mass is 10.2. The summed E-state index contributed by atoms with van der Waals surface area (Å²) < 4.78 is 22.4. The van der Waals surface area contributed by atoms with Gasteiger partial charge < -0.3 is 5.32 Å². The highest BCUT2D eigenvalue weighted by atomic mass is 35.5. The number of nitrogens with two attached hydrogens (primary N) is 1. The molecule has 0 heterocycles. The third kappa shape index (κ3) is 5.96. The number of likely N-dealkylation sites (N-methyl/N-ethyl adjacent to an activating group) is 1. The fraction of sp³-hybridized carbons (Fsp3) is 0.235. The van der Waals surface area contributed by atoms with Gasteiger partial charge in [0.1, 0.15) is 0 Å². The maximum Gasteiger partial charge on any atom is 0.238 e. The monoisotopic (exact) mass is 415 g/mol. The minimum atomic E-state index is -3.72. The third-order valence-corrected chi connectivity index (χ3v) is 5.41. The SMILES string of the molecule is CN(CC(=O)NCc1ccc(S(N)(=O)=O)cc1)Cc1cccc(Cl)c1Cl. The first-order valence-corrected chi connectivity index (χ1v) is 9.97. The number of hydrogen-bond donors (Lipinski definition) is 2. The Morgan fingerprint density at radius 1 is 1.15 bits per heavy atom. The first-order chi connectivity index (χ1) is 12.2. The maximum atomic E-state index is 12.1. The predicted octanol–water partition coefficient (Wildman–Crippen LogP) is 2.39. The fourth-order valence-corrected chi connectivity index (χ4v) is 3.21. The van der Waals surface area contributed by atoms with Gasteiger partial charge >= 0.3 is 0 Å². The van der Waals surface area contributed by atoms with Crippen LogP contribution in [0.25, 0.3) is 0 Å². The summed E-state index contributed by atoms with van der Waals surface area (Å²) in [7, 11) is -1.91. The summed E-state index contributed by atoms with van der Waals surface area (Å²) in [6, 6.07) is 11.4. The fourth-order valence-electron chi connectivity index (χ4n) is 2.32. The van der Waals surface area contributed by atoms with E-state index < -0.39 is 10.0 Å². The molecule has 0 bridgehead atoms. The van der Waals surface area contributed by atoms with Crippen molar-refractivity contribution in [3.05, 3.63) is 63.6 Å². The summed E-state index contributed by atoms with van der Waals surface area (Å²) in [4.78, 5) is 13.9. The van der Waals surface area contributed by atoms with E-state index in [0.29, 0.717) is 16.6 Å². The number of carbonyl (C=O) groups excluding carboxylic acids is 1. The topological polar surface area (TPSA) is 92.5 Å². The lowest BCUT2D eigenvalue weighted by Gasteiger charge is -2.17. The maximum absolute atomic E-state index is 12.1. The van der Waals surface area contributed by atoms with Crippen LogP contribution < -0.4 is 10.5 Å². The number of primary sulfonamides is 1. The van der Waals surface area contributed by atoms with Gasteiger partial charge in [-0.25, -0.2) is 13.6 Å². The number of hydrogen-bond acceptors (Lipinski definition) is 4. The Kier molecular flexibility index (Phi) is 7.02. The number of sulfonamides is 1. The molecule has 0 saturated carbocycles. The largest absolute Gasteiger partial charge is 0.351 e. The quantitative estimate of drug-likeness (QED) is 0.725. The Hall–Kier alpha value is -1.64. The molecule has 0 aliphatic carbocycles. The van der Waals surface area contributed by atoms with Crippen LogP contribution in [0.4, 0.5) is 0 Å². The van der Waals surface area contributed by atoms with E-state index in [1.807, 2.05) is 17.0 Å². The molecule has 0 unspecified atom stereocenters. The Morgan fingerprint density at radius 2 is 1.81 bits per heavy atom. The zero-order valence-corrected chi connectivity index (χ0v) is 16.4. The number of rotatable bonds is 7. The van der Waals surface area contributed by atoms with Gasteiger partial charge in [-0.3, -0.25) is 9.69 Å². The molecule has 9 heteroatoms. The highest BCUT2D eigenvalue weighted by Crippen LogP contribution is 2.26. The molecule has 3 N–H and O–H groups in total. The van der Waals surface area contributed by atoms with Crippen LogP contribution >= 0.6 is 23.2 Å². The van der Waals surface area contributed by atoms with Crippen LogP contribution in [0.1, 0.15) is 11.1 Å². The van der Waals surface area contributed by atoms with Gasteiger partial charge in [-0.15, -0.1) is 0 Å². The zero-order valence-electron chi connectivity index (χ0n) is 14.1. The van der Waals surface area contributed by atoms with Gasteiger partial charge in [0.2, 0.25) is 15.9 Å². The number of amides is 1. The van der Waals surface area contributed by atoms with Crippen molar-refractivity contribution < 1.29 is 13.2 Å². The molecule has 0 spiro atoms. The molecule has 2 aromatic carbocycles. The highest BCUT2D eigenvalue weighted by Gasteiger charge is 2.11. The van der Waals surface area contributed by atoms with E-state index in [9.17, 15) is 13.2 Å². The Bertz CT molecular complexity index is 887. The molecule has 140 valence electrons. The van der Waals surface area contributed by atoms with Crippen molar-refractivity contribution in [1.82, 2.24) is 10.2 Å². The Labute approximate surface area is 162 Å². The first-order valence-electron chi connectivity index (χ1n) is 7.66. The Morgan fingerprint density at radius 3 is 2.42 bits per heavy atom. The van der Waals surface area contributed by atoms with Crippen molar-refractivity contribution in [2.75, 3.05) is 13.6 Å². The molecule has 26 heavy (non-hydrogen) atoms. The van der Waals surface area contributed by atoms with E-state index in [4.69, 9.17) is 28.3 Å². The van der Waals surface area contributed by atoms with E-state index >= 15 is 0 Å². The van der Waals surface area contributed by atoms with Crippen molar-refractivity contribution in [2.24, 2.45) is 5.14 Å². The van der Waals surface area contributed by atoms with Crippen LogP contribution in [0.2, 0.25) is 10.0 Å². The number of carbonyl (C=O) groups is 1. The first kappa shape index (κ1) is 20.7. The van der Waals surface area contributed by atoms with Gasteiger partial charge in [-0.05, 0) is 36.4 Å². The standard InChI is InChI=1S/C17H19Cl2N3O3S/c1-22(10-13-3-2-4-15(18)17(13)19)11-16(23)21-9-12-5-7-14(8-6-12)26(20,24)25/h2-8H,9-11H2,1H3,(H,21,23)(H2,20,24,25). The van der Waals surface area contributed by atoms with E-state index in [1.54, 1.807) is 25.2 Å². The Balaban J connectivity index is 1.85. The lowest BCUT2D eigenvalue weighted by molar-refractivity contribution is -0.122. The molecule has 2 rings (SSSR count). The third-order valence-electron chi connectivity index (χ3n) is 3.63. The molecule has 0 aliphatic heterocycles. The minimum Gasteiger partial charge on any atom is -0.351 e. The second-order valence-corrected chi connectivity index (χ2v) is 8.20. The zero-order chi connectivity index (χ0) is 19.3. The predicted molar refractivity (Wildman–Crippen MR) is 102 cm³/mol. The molecule has 0 aliphatic rings. The summed E-state index contributed by atoms with van der Waals surface area (Å²) in [6.07, 6.45) is 0. The molecule has 1 amide bonds. The molecular formula is C17H19Cl2N3O3S. The van der Waals surface area contributed by atoms with Crippen LogP contribution in [0.3, 0.4) is 0 Å². The minimum absolute atomic E-state index is 0.0331. The second-order valence-electron chi connectivity index (χ2n) is 5.85. The molecule has 0 saturated heterocycles. The normalized spacial score (nSPS) is 11.6. The number of halogens is 2. The number of benzene rings is 2. The molecule has 0 radical (unpaired) electrons. The summed E-state index contributed by atoms with van der Waals surface area (Å²) in [5.41, 5.74) is 1.61. The van der Waals surface area contributed by atoms with Gasteiger partial charge in [-0.2, -0.15) is 0 Å². The van der Waals surface area contributed by atoms with Crippen molar-refractivity contribution in [3.63, 3.8) is 0 Å². The summed E-state index contributed by atoms with van der Waals surface area (Å²) in [6.45, 7) is 0.948. The van der Waals surface area contributed by atoms with Crippen LogP contribution in [0.5, 0.6) is 0 Å². The number of nitrogens with one attached hydrogen (secondary N) is 1. The van der Waals surface area contributed by atoms with E-state index in [-0.39, 0.29) is 23.9 Å². The van der Waals surface area contributed by atoms with Gasteiger partial charge in [0.05, 0.1) is 21.5 Å². The van der Waals surface area contributed by atoms with Gasteiger partial charge in [0.25, 0.3) is 0 Å². The van der Waals surface area contributed by atoms with Crippen LogP contribution in [-0.2, 0) is 27.9 Å². The van der Waals surface area contributed by atoms with Crippen LogP contribution in [-0.4, -0.2) is 32.8 Å². The van der Waals surface area contributed by atoms with Crippen molar-refractivity contribution in [1.29, 1.82) is 0 Å². The molecular weight excluding hydrogens is 397 g/mol. The van der Waals surface area contributed by atoms with Gasteiger partial charge in [0.15, 0.2) is 0 Å². The number of nitrogens with zero attached hydrogens (tertiary/aromatic N) is 1. The molecule has 0 atom stereocenters. The molecule has 2 aromatic rings. The van der Waals surface area contributed by atoms with E-state index in [0.717, 1.165) is 11.1 Å². The average Bonchev–Trinajstić information content (AvgIpc) is 2.57. The summed E-state index contributed by atoms with van der Waals surface area (Å²) in [5, 5.41) is 8.79.